The molecule has 5 heteroatoms. The van der Waals surface area contributed by atoms with E-state index in [9.17, 15) is 4.79 Å². The van der Waals surface area contributed by atoms with Crippen molar-refractivity contribution in [2.75, 3.05) is 19.6 Å². The Kier molecular flexibility index (Phi) is 4.53. The fraction of sp³-hybridized carbons (Fsp3) is 0.800. The third-order valence-electron chi connectivity index (χ3n) is 2.77. The number of carbonyl (C=O) groups excluding carboxylic acids is 1. The van der Waals surface area contributed by atoms with Crippen LogP contribution in [0.3, 0.4) is 0 Å². The van der Waals surface area contributed by atoms with E-state index in [2.05, 4.69) is 17.1 Å². The smallest absolute Gasteiger partial charge is 0.235 e. The maximum Gasteiger partial charge on any atom is 0.235 e. The van der Waals surface area contributed by atoms with Gasteiger partial charge in [0.15, 0.2) is 0 Å². The molecule has 0 bridgehead atoms. The highest BCUT2D eigenvalue weighted by Gasteiger charge is 2.24. The van der Waals surface area contributed by atoms with E-state index in [1.54, 1.807) is 0 Å². The van der Waals surface area contributed by atoms with E-state index in [1.165, 1.54) is 0 Å². The first-order valence-electron chi connectivity index (χ1n) is 5.26. The highest BCUT2D eigenvalue weighted by atomic mass is 16.2. The van der Waals surface area contributed by atoms with Crippen LogP contribution in [-0.4, -0.2) is 42.5 Å². The molecule has 5 nitrogen and oxygen atoms in total. The van der Waals surface area contributed by atoms with Gasteiger partial charge in [0.05, 0.1) is 12.6 Å². The fourth-order valence-corrected chi connectivity index (χ4v) is 1.87. The molecular weight excluding hydrogens is 192 g/mol. The van der Waals surface area contributed by atoms with Crippen molar-refractivity contribution in [2.45, 2.75) is 31.8 Å². The van der Waals surface area contributed by atoms with Crippen LogP contribution in [0.25, 0.3) is 0 Å². The summed E-state index contributed by atoms with van der Waals surface area (Å²) in [5.74, 6) is -0.0844. The second-order valence-electron chi connectivity index (χ2n) is 4.04. The zero-order valence-corrected chi connectivity index (χ0v) is 9.07. The number of hydrogen-bond donors (Lipinski definition) is 2. The van der Waals surface area contributed by atoms with Crippen molar-refractivity contribution in [2.24, 2.45) is 5.73 Å². The molecule has 3 N–H and O–H groups in total. The summed E-state index contributed by atoms with van der Waals surface area (Å²) in [6, 6.07) is 2.49. The van der Waals surface area contributed by atoms with Gasteiger partial charge in [-0.15, -0.1) is 0 Å². The molecule has 0 radical (unpaired) electrons. The summed E-state index contributed by atoms with van der Waals surface area (Å²) in [4.78, 5) is 13.5. The molecule has 2 unspecified atom stereocenters. The Labute approximate surface area is 90.2 Å². The molecule has 1 aliphatic rings. The van der Waals surface area contributed by atoms with Crippen LogP contribution < -0.4 is 11.1 Å². The number of nitriles is 1. The van der Waals surface area contributed by atoms with Crippen LogP contribution in [0.5, 0.6) is 0 Å². The molecule has 15 heavy (non-hydrogen) atoms. The minimum atomic E-state index is -0.0844. The Morgan fingerprint density at radius 1 is 1.73 bits per heavy atom. The van der Waals surface area contributed by atoms with Gasteiger partial charge in [0, 0.05) is 18.6 Å². The summed E-state index contributed by atoms with van der Waals surface area (Å²) in [6.45, 7) is 3.40. The zero-order chi connectivity index (χ0) is 11.3. The van der Waals surface area contributed by atoms with E-state index in [0.717, 1.165) is 19.4 Å². The molecule has 0 aliphatic carbocycles. The third kappa shape index (κ3) is 3.86. The lowest BCUT2D eigenvalue weighted by atomic mass is 9.99. The number of amides is 1. The van der Waals surface area contributed by atoms with Crippen LogP contribution in [0.2, 0.25) is 0 Å². The van der Waals surface area contributed by atoms with E-state index >= 15 is 0 Å². The van der Waals surface area contributed by atoms with Crippen molar-refractivity contribution in [1.29, 1.82) is 5.26 Å². The van der Waals surface area contributed by atoms with Crippen molar-refractivity contribution in [3.63, 3.8) is 0 Å². The normalized spacial score (nSPS) is 27.0. The number of rotatable bonds is 3. The Bertz CT molecular complexity index is 261. The van der Waals surface area contributed by atoms with Gasteiger partial charge < -0.3 is 11.1 Å². The van der Waals surface area contributed by atoms with Gasteiger partial charge in [-0.05, 0) is 19.8 Å². The molecule has 0 saturated carbocycles. The van der Waals surface area contributed by atoms with Gasteiger partial charge in [-0.25, -0.2) is 0 Å². The van der Waals surface area contributed by atoms with Crippen molar-refractivity contribution in [3.8, 4) is 6.07 Å². The predicted octanol–water partition coefficient (Wildman–Crippen LogP) is -0.562. The minimum absolute atomic E-state index is 0.0839. The number of nitrogens with zero attached hydrogens (tertiary/aromatic N) is 2. The van der Waals surface area contributed by atoms with Gasteiger partial charge in [0.2, 0.25) is 5.91 Å². The van der Waals surface area contributed by atoms with Gasteiger partial charge in [-0.1, -0.05) is 0 Å². The maximum absolute atomic E-state index is 11.4. The van der Waals surface area contributed by atoms with Crippen LogP contribution in [0.1, 0.15) is 19.8 Å². The molecule has 0 aromatic rings. The van der Waals surface area contributed by atoms with Gasteiger partial charge in [-0.2, -0.15) is 5.26 Å². The molecule has 1 amide bonds. The lowest BCUT2D eigenvalue weighted by molar-refractivity contribution is -0.122. The largest absolute Gasteiger partial charge is 0.342 e. The summed E-state index contributed by atoms with van der Waals surface area (Å²) in [7, 11) is 0. The monoisotopic (exact) mass is 210 g/mol. The number of nitrogens with one attached hydrogen (secondary N) is 1. The molecule has 1 fully saturated rings. The van der Waals surface area contributed by atoms with Gasteiger partial charge in [0.25, 0.3) is 0 Å². The highest BCUT2D eigenvalue weighted by molar-refractivity contribution is 5.78. The summed E-state index contributed by atoms with van der Waals surface area (Å²) >= 11 is 0. The van der Waals surface area contributed by atoms with E-state index in [4.69, 9.17) is 11.0 Å². The van der Waals surface area contributed by atoms with E-state index in [0.29, 0.717) is 12.6 Å². The number of piperidine rings is 1. The fourth-order valence-electron chi connectivity index (χ4n) is 1.87. The number of hydrogen-bond acceptors (Lipinski definition) is 4. The average molecular weight is 210 g/mol. The number of nitrogens with two attached hydrogens (primary N) is 1. The second-order valence-corrected chi connectivity index (χ2v) is 4.04. The first-order valence-corrected chi connectivity index (χ1v) is 5.26. The minimum Gasteiger partial charge on any atom is -0.342 e. The molecule has 0 aromatic carbocycles. The standard InChI is InChI=1S/C10H18N4O/c1-8-6-9(12)2-5-14(8)7-10(15)13-4-3-11/h8-9H,2,4-7,12H2,1H3,(H,13,15). The van der Waals surface area contributed by atoms with Crippen molar-refractivity contribution < 1.29 is 4.79 Å². The molecule has 1 heterocycles. The lowest BCUT2D eigenvalue weighted by Gasteiger charge is -2.35. The SMILES string of the molecule is CC1CC(N)CCN1CC(=O)NCC#N. The number of carbonyl (C=O) groups is 1. The first kappa shape index (κ1) is 12.0. The quantitative estimate of drug-likeness (QED) is 0.612. The molecule has 0 aromatic heterocycles. The Balaban J connectivity index is 2.32. The molecule has 0 spiro atoms. The molecule has 84 valence electrons. The summed E-state index contributed by atoms with van der Waals surface area (Å²) in [5.41, 5.74) is 5.83. The van der Waals surface area contributed by atoms with Crippen molar-refractivity contribution >= 4 is 5.91 Å². The highest BCUT2D eigenvalue weighted by Crippen LogP contribution is 2.14. The average Bonchev–Trinajstić information content (AvgIpc) is 2.19. The molecule has 1 aliphatic heterocycles. The second kappa shape index (κ2) is 5.69. The van der Waals surface area contributed by atoms with Crippen LogP contribution in [0.4, 0.5) is 0 Å². The van der Waals surface area contributed by atoms with Gasteiger partial charge >= 0.3 is 0 Å². The zero-order valence-electron chi connectivity index (χ0n) is 9.07. The Hall–Kier alpha value is -1.12. The third-order valence-corrected chi connectivity index (χ3v) is 2.77. The molecule has 1 saturated heterocycles. The van der Waals surface area contributed by atoms with Crippen molar-refractivity contribution in [3.05, 3.63) is 0 Å². The molecule has 1 rings (SSSR count). The van der Waals surface area contributed by atoms with Crippen LogP contribution in [0.15, 0.2) is 0 Å². The molecule has 2 atom stereocenters. The van der Waals surface area contributed by atoms with E-state index in [1.807, 2.05) is 6.07 Å². The van der Waals surface area contributed by atoms with Crippen molar-refractivity contribution in [1.82, 2.24) is 10.2 Å². The maximum atomic E-state index is 11.4. The van der Waals surface area contributed by atoms with Crippen LogP contribution in [-0.2, 0) is 4.79 Å². The van der Waals surface area contributed by atoms with E-state index < -0.39 is 0 Å². The molecular formula is C10H18N4O. The van der Waals surface area contributed by atoms with Gasteiger partial charge in [0.1, 0.15) is 6.54 Å². The lowest BCUT2D eigenvalue weighted by Crippen LogP contribution is -2.49. The van der Waals surface area contributed by atoms with Crippen LogP contribution >= 0.6 is 0 Å². The Morgan fingerprint density at radius 3 is 3.07 bits per heavy atom. The summed E-state index contributed by atoms with van der Waals surface area (Å²) in [6.07, 6.45) is 1.88. The summed E-state index contributed by atoms with van der Waals surface area (Å²) in [5, 5.41) is 10.9. The first-order chi connectivity index (χ1) is 7.13. The predicted molar refractivity (Wildman–Crippen MR) is 56.9 cm³/mol. The van der Waals surface area contributed by atoms with Gasteiger partial charge in [-0.3, -0.25) is 9.69 Å². The Morgan fingerprint density at radius 2 is 2.47 bits per heavy atom. The van der Waals surface area contributed by atoms with E-state index in [-0.39, 0.29) is 18.5 Å². The number of likely N-dealkylation sites (tertiary alicyclic amines) is 1. The topological polar surface area (TPSA) is 82.2 Å². The van der Waals surface area contributed by atoms with Crippen LogP contribution in [0, 0.1) is 11.3 Å². The summed E-state index contributed by atoms with van der Waals surface area (Å²) < 4.78 is 0.